The van der Waals surface area contributed by atoms with Gasteiger partial charge in [-0.2, -0.15) is 9.78 Å². The lowest BCUT2D eigenvalue weighted by Gasteiger charge is -2.17. The van der Waals surface area contributed by atoms with Crippen LogP contribution in [0.1, 0.15) is 16.1 Å². The van der Waals surface area contributed by atoms with E-state index in [1.807, 2.05) is 62.3 Å². The number of nitrogens with one attached hydrogen (secondary N) is 1. The lowest BCUT2D eigenvalue weighted by atomic mass is 10.1. The number of para-hydroxylation sites is 1. The van der Waals surface area contributed by atoms with E-state index in [1.54, 1.807) is 36.4 Å². The number of nitrogens with zero attached hydrogens (tertiary/aromatic N) is 3. The monoisotopic (exact) mass is 398 g/mol. The number of amides is 1. The number of fused-ring (bicyclic) bond motifs is 1. The first-order valence-electron chi connectivity index (χ1n) is 9.62. The fourth-order valence-corrected chi connectivity index (χ4v) is 3.53. The van der Waals surface area contributed by atoms with Gasteiger partial charge < -0.3 is 10.2 Å². The lowest BCUT2D eigenvalue weighted by molar-refractivity contribution is 0.102. The number of aromatic nitrogens is 2. The molecule has 0 aliphatic heterocycles. The molecule has 0 fully saturated rings. The molecule has 1 aromatic heterocycles. The van der Waals surface area contributed by atoms with Gasteiger partial charge in [-0.3, -0.25) is 9.59 Å². The summed E-state index contributed by atoms with van der Waals surface area (Å²) in [6, 6.07) is 21.9. The Bertz CT molecular complexity index is 1290. The third kappa shape index (κ3) is 3.55. The normalized spacial score (nSPS) is 10.8. The second-order valence-electron chi connectivity index (χ2n) is 7.30. The summed E-state index contributed by atoms with van der Waals surface area (Å²) in [7, 11) is 3.95. The van der Waals surface area contributed by atoms with Crippen molar-refractivity contribution in [3.05, 3.63) is 94.4 Å². The maximum absolute atomic E-state index is 13.2. The number of hydrogen-bond donors (Lipinski definition) is 1. The number of rotatable bonds is 4. The highest BCUT2D eigenvalue weighted by atomic mass is 16.2. The largest absolute Gasteiger partial charge is 0.377 e. The van der Waals surface area contributed by atoms with Crippen molar-refractivity contribution in [3.63, 3.8) is 0 Å². The van der Waals surface area contributed by atoms with Crippen molar-refractivity contribution in [2.45, 2.75) is 6.92 Å². The van der Waals surface area contributed by atoms with Gasteiger partial charge >= 0.3 is 0 Å². The van der Waals surface area contributed by atoms with Crippen LogP contribution in [0.15, 0.2) is 77.6 Å². The van der Waals surface area contributed by atoms with Gasteiger partial charge in [0.2, 0.25) is 0 Å². The zero-order valence-electron chi connectivity index (χ0n) is 17.1. The van der Waals surface area contributed by atoms with Gasteiger partial charge in [-0.05, 0) is 48.9 Å². The summed E-state index contributed by atoms with van der Waals surface area (Å²) in [6.45, 7) is 1.99. The minimum Gasteiger partial charge on any atom is -0.377 e. The smallest absolute Gasteiger partial charge is 0.279 e. The molecule has 1 heterocycles. The Morgan fingerprint density at radius 1 is 0.933 bits per heavy atom. The highest BCUT2D eigenvalue weighted by Crippen LogP contribution is 2.23. The van der Waals surface area contributed by atoms with Crippen LogP contribution >= 0.6 is 0 Å². The number of carbonyl (C=O) groups is 1. The molecule has 6 heteroatoms. The SMILES string of the molecule is Cc1cc(NC(=O)c2nn(-c3ccccc3)c(=O)c3ccccc23)ccc1N(C)C. The van der Waals surface area contributed by atoms with E-state index in [0.29, 0.717) is 22.1 Å². The van der Waals surface area contributed by atoms with Crippen molar-refractivity contribution in [3.8, 4) is 5.69 Å². The first-order valence-corrected chi connectivity index (χ1v) is 9.62. The van der Waals surface area contributed by atoms with Gasteiger partial charge in [0.15, 0.2) is 5.69 Å². The van der Waals surface area contributed by atoms with Gasteiger partial charge in [0.05, 0.1) is 11.1 Å². The molecule has 0 unspecified atom stereocenters. The fraction of sp³-hybridized carbons (Fsp3) is 0.125. The molecule has 0 saturated heterocycles. The van der Waals surface area contributed by atoms with Gasteiger partial charge in [-0.25, -0.2) is 0 Å². The summed E-state index contributed by atoms with van der Waals surface area (Å²) >= 11 is 0. The first-order chi connectivity index (χ1) is 14.5. The van der Waals surface area contributed by atoms with Crippen LogP contribution in [0.4, 0.5) is 11.4 Å². The molecule has 0 spiro atoms. The molecule has 6 nitrogen and oxygen atoms in total. The summed E-state index contributed by atoms with van der Waals surface area (Å²) in [5.74, 6) is -0.368. The third-order valence-electron chi connectivity index (χ3n) is 4.96. The highest BCUT2D eigenvalue weighted by Gasteiger charge is 2.18. The zero-order valence-corrected chi connectivity index (χ0v) is 17.1. The summed E-state index contributed by atoms with van der Waals surface area (Å²) in [6.07, 6.45) is 0. The molecule has 30 heavy (non-hydrogen) atoms. The molecule has 0 bridgehead atoms. The second kappa shape index (κ2) is 7.83. The number of anilines is 2. The van der Waals surface area contributed by atoms with Crippen LogP contribution in [0.3, 0.4) is 0 Å². The topological polar surface area (TPSA) is 67.2 Å². The Hall–Kier alpha value is -3.93. The van der Waals surface area contributed by atoms with Crippen molar-refractivity contribution in [2.75, 3.05) is 24.3 Å². The quantitative estimate of drug-likeness (QED) is 0.564. The first kappa shape index (κ1) is 19.4. The van der Waals surface area contributed by atoms with Gasteiger partial charge in [-0.1, -0.05) is 36.4 Å². The van der Waals surface area contributed by atoms with Crippen LogP contribution in [0, 0.1) is 6.92 Å². The lowest BCUT2D eigenvalue weighted by Crippen LogP contribution is -2.26. The number of aryl methyl sites for hydroxylation is 1. The van der Waals surface area contributed by atoms with Crippen LogP contribution in [0.25, 0.3) is 16.5 Å². The Morgan fingerprint density at radius 2 is 1.60 bits per heavy atom. The van der Waals surface area contributed by atoms with Gasteiger partial charge in [0.1, 0.15) is 0 Å². The van der Waals surface area contributed by atoms with Gasteiger partial charge in [0.25, 0.3) is 11.5 Å². The van der Waals surface area contributed by atoms with E-state index >= 15 is 0 Å². The molecule has 1 N–H and O–H groups in total. The molecular weight excluding hydrogens is 376 g/mol. The van der Waals surface area contributed by atoms with E-state index in [9.17, 15) is 9.59 Å². The van der Waals surface area contributed by atoms with E-state index < -0.39 is 0 Å². The minimum atomic E-state index is -0.368. The Labute approximate surface area is 174 Å². The van der Waals surface area contributed by atoms with Gasteiger partial charge in [-0.15, -0.1) is 0 Å². The average molecular weight is 398 g/mol. The van der Waals surface area contributed by atoms with E-state index in [2.05, 4.69) is 10.4 Å². The van der Waals surface area contributed by atoms with E-state index in [4.69, 9.17) is 0 Å². The van der Waals surface area contributed by atoms with Crippen molar-refractivity contribution < 1.29 is 4.79 Å². The third-order valence-corrected chi connectivity index (χ3v) is 4.96. The molecular formula is C24H22N4O2. The summed E-state index contributed by atoms with van der Waals surface area (Å²) < 4.78 is 1.28. The predicted molar refractivity (Wildman–Crippen MR) is 121 cm³/mol. The zero-order chi connectivity index (χ0) is 21.3. The second-order valence-corrected chi connectivity index (χ2v) is 7.30. The molecule has 4 aromatic rings. The molecule has 4 rings (SSSR count). The molecule has 150 valence electrons. The summed E-state index contributed by atoms with van der Waals surface area (Å²) in [5, 5.41) is 8.31. The molecule has 1 amide bonds. The van der Waals surface area contributed by atoms with Crippen LogP contribution in [-0.4, -0.2) is 29.8 Å². The van der Waals surface area contributed by atoms with Crippen LogP contribution in [0.2, 0.25) is 0 Å². The van der Waals surface area contributed by atoms with Crippen LogP contribution < -0.4 is 15.8 Å². The predicted octanol–water partition coefficient (Wildman–Crippen LogP) is 4.01. The van der Waals surface area contributed by atoms with Crippen molar-refractivity contribution in [2.24, 2.45) is 0 Å². The number of benzene rings is 3. The van der Waals surface area contributed by atoms with E-state index in [1.165, 1.54) is 4.68 Å². The van der Waals surface area contributed by atoms with Crippen molar-refractivity contribution in [1.82, 2.24) is 9.78 Å². The number of carbonyl (C=O) groups excluding carboxylic acids is 1. The number of hydrogen-bond acceptors (Lipinski definition) is 4. The standard InChI is InChI=1S/C24H22N4O2/c1-16-15-17(13-14-21(16)27(2)3)25-23(29)22-19-11-7-8-12-20(19)24(30)28(26-22)18-9-5-4-6-10-18/h4-15H,1-3H3,(H,25,29). The Morgan fingerprint density at radius 3 is 2.27 bits per heavy atom. The molecule has 0 atom stereocenters. The Kier molecular flexibility index (Phi) is 5.06. The molecule has 0 radical (unpaired) electrons. The molecule has 3 aromatic carbocycles. The van der Waals surface area contributed by atoms with Crippen LogP contribution in [-0.2, 0) is 0 Å². The van der Waals surface area contributed by atoms with Crippen LogP contribution in [0.5, 0.6) is 0 Å². The maximum Gasteiger partial charge on any atom is 0.279 e. The molecule has 0 aliphatic rings. The molecule has 0 saturated carbocycles. The minimum absolute atomic E-state index is 0.198. The molecule has 0 aliphatic carbocycles. The van der Waals surface area contributed by atoms with E-state index in [0.717, 1.165) is 11.3 Å². The average Bonchev–Trinajstić information content (AvgIpc) is 2.74. The Balaban J connectivity index is 1.80. The summed E-state index contributed by atoms with van der Waals surface area (Å²) in [4.78, 5) is 28.1. The summed E-state index contributed by atoms with van der Waals surface area (Å²) in [5.41, 5.74) is 3.34. The van der Waals surface area contributed by atoms with E-state index in [-0.39, 0.29) is 17.2 Å². The van der Waals surface area contributed by atoms with Gasteiger partial charge in [0, 0.05) is 30.9 Å². The van der Waals surface area contributed by atoms with Crippen molar-refractivity contribution >= 4 is 28.1 Å². The fourth-order valence-electron chi connectivity index (χ4n) is 3.53. The highest BCUT2D eigenvalue weighted by molar-refractivity contribution is 6.11. The maximum atomic E-state index is 13.2. The van der Waals surface area contributed by atoms with Crippen molar-refractivity contribution in [1.29, 1.82) is 0 Å².